The molecule has 0 aliphatic rings. The number of hydrogen-bond donors (Lipinski definition) is 1. The van der Waals surface area contributed by atoms with Gasteiger partial charge in [0.05, 0.1) is 0 Å². The number of nitrogens with zero attached hydrogens (tertiary/aromatic N) is 1. The molecule has 2 aromatic carbocycles. The molecule has 1 N–H and O–H groups in total. The Morgan fingerprint density at radius 2 is 1.87 bits per heavy atom. The lowest BCUT2D eigenvalue weighted by Gasteiger charge is -2.03. The van der Waals surface area contributed by atoms with E-state index in [0.29, 0.717) is 16.3 Å². The molecular weight excluding hydrogens is 312 g/mol. The van der Waals surface area contributed by atoms with E-state index in [4.69, 9.17) is 16.0 Å². The molecule has 1 heterocycles. The summed E-state index contributed by atoms with van der Waals surface area (Å²) in [5.74, 6) is 0.248. The first-order valence-corrected chi connectivity index (χ1v) is 7.21. The molecule has 23 heavy (non-hydrogen) atoms. The number of rotatable bonds is 3. The van der Waals surface area contributed by atoms with Gasteiger partial charge < -0.3 is 4.42 Å². The molecule has 5 heteroatoms. The third kappa shape index (κ3) is 3.25. The number of amides is 1. The quantitative estimate of drug-likeness (QED) is 0.758. The highest BCUT2D eigenvalue weighted by molar-refractivity contribution is 6.31. The van der Waals surface area contributed by atoms with Crippen LogP contribution in [0.15, 0.2) is 65.1 Å². The SMILES string of the molecule is N#Cc1cc(-c2ccccc2)oc1NC(=O)c1cccc(Cl)c1. The van der Waals surface area contributed by atoms with Crippen LogP contribution >= 0.6 is 11.6 Å². The van der Waals surface area contributed by atoms with Gasteiger partial charge in [0.1, 0.15) is 17.4 Å². The second-order valence-corrected chi connectivity index (χ2v) is 5.23. The summed E-state index contributed by atoms with van der Waals surface area (Å²) in [5, 5.41) is 12.3. The maximum atomic E-state index is 12.2. The second-order valence-electron chi connectivity index (χ2n) is 4.80. The fourth-order valence-electron chi connectivity index (χ4n) is 2.12. The molecular formula is C18H11ClN2O2. The van der Waals surface area contributed by atoms with Gasteiger partial charge in [-0.25, -0.2) is 0 Å². The lowest BCUT2D eigenvalue weighted by molar-refractivity contribution is 0.102. The molecule has 4 nitrogen and oxygen atoms in total. The minimum absolute atomic E-state index is 0.122. The van der Waals surface area contributed by atoms with E-state index in [9.17, 15) is 10.1 Å². The Balaban J connectivity index is 1.90. The van der Waals surface area contributed by atoms with Gasteiger partial charge in [0.25, 0.3) is 5.91 Å². The molecule has 0 unspecified atom stereocenters. The summed E-state index contributed by atoms with van der Waals surface area (Å²) in [6, 6.07) is 19.5. The zero-order valence-electron chi connectivity index (χ0n) is 11.9. The number of carbonyl (C=O) groups is 1. The summed E-state index contributed by atoms with van der Waals surface area (Å²) in [4.78, 5) is 12.2. The standard InChI is InChI=1S/C18H11ClN2O2/c19-15-8-4-7-13(9-15)17(22)21-18-14(11-20)10-16(23-18)12-5-2-1-3-6-12/h1-10H,(H,21,22). The molecule has 0 saturated heterocycles. The molecule has 0 aliphatic carbocycles. The molecule has 0 fully saturated rings. The number of benzene rings is 2. The van der Waals surface area contributed by atoms with E-state index in [2.05, 4.69) is 5.32 Å². The summed E-state index contributed by atoms with van der Waals surface area (Å²) < 4.78 is 5.63. The van der Waals surface area contributed by atoms with Crippen LogP contribution in [0.3, 0.4) is 0 Å². The lowest BCUT2D eigenvalue weighted by Crippen LogP contribution is -2.11. The molecule has 1 aromatic heterocycles. The number of hydrogen-bond acceptors (Lipinski definition) is 3. The minimum Gasteiger partial charge on any atom is -0.439 e. The van der Waals surface area contributed by atoms with Crippen molar-refractivity contribution >= 4 is 23.4 Å². The average Bonchev–Trinajstić information content (AvgIpc) is 2.98. The first kappa shape index (κ1) is 14.9. The van der Waals surface area contributed by atoms with Gasteiger partial charge in [-0.05, 0) is 18.2 Å². The number of carbonyl (C=O) groups excluding carboxylic acids is 1. The number of nitrogens with one attached hydrogen (secondary N) is 1. The van der Waals surface area contributed by atoms with Gasteiger partial charge in [-0.15, -0.1) is 0 Å². The number of nitriles is 1. The van der Waals surface area contributed by atoms with Crippen LogP contribution < -0.4 is 5.32 Å². The van der Waals surface area contributed by atoms with Crippen molar-refractivity contribution in [3.8, 4) is 17.4 Å². The Kier molecular flexibility index (Phi) is 4.13. The maximum absolute atomic E-state index is 12.2. The summed E-state index contributed by atoms with van der Waals surface area (Å²) in [6.45, 7) is 0. The van der Waals surface area contributed by atoms with E-state index in [1.54, 1.807) is 30.3 Å². The van der Waals surface area contributed by atoms with Gasteiger partial charge in [-0.2, -0.15) is 5.26 Å². The van der Waals surface area contributed by atoms with Crippen molar-refractivity contribution in [2.75, 3.05) is 5.32 Å². The van der Waals surface area contributed by atoms with E-state index in [-0.39, 0.29) is 11.4 Å². The van der Waals surface area contributed by atoms with E-state index in [1.165, 1.54) is 0 Å². The highest BCUT2D eigenvalue weighted by Crippen LogP contribution is 2.29. The topological polar surface area (TPSA) is 66.0 Å². The fourth-order valence-corrected chi connectivity index (χ4v) is 2.31. The van der Waals surface area contributed by atoms with Crippen LogP contribution in [0.5, 0.6) is 0 Å². The summed E-state index contributed by atoms with van der Waals surface area (Å²) in [6.07, 6.45) is 0. The van der Waals surface area contributed by atoms with Gasteiger partial charge in [0, 0.05) is 22.2 Å². The van der Waals surface area contributed by atoms with Gasteiger partial charge in [0.2, 0.25) is 5.88 Å². The van der Waals surface area contributed by atoms with Crippen molar-refractivity contribution in [3.05, 3.63) is 76.8 Å². The third-order valence-electron chi connectivity index (χ3n) is 3.22. The lowest BCUT2D eigenvalue weighted by atomic mass is 10.1. The molecule has 0 spiro atoms. The van der Waals surface area contributed by atoms with Crippen LogP contribution in [0.25, 0.3) is 11.3 Å². The van der Waals surface area contributed by atoms with Crippen LogP contribution in [-0.4, -0.2) is 5.91 Å². The van der Waals surface area contributed by atoms with Crippen LogP contribution in [0.4, 0.5) is 5.88 Å². The van der Waals surface area contributed by atoms with Crippen molar-refractivity contribution in [1.82, 2.24) is 0 Å². The molecule has 0 aliphatic heterocycles. The first-order chi connectivity index (χ1) is 11.2. The predicted molar refractivity (Wildman–Crippen MR) is 88.3 cm³/mol. The van der Waals surface area contributed by atoms with Gasteiger partial charge in [0.15, 0.2) is 0 Å². The summed E-state index contributed by atoms with van der Waals surface area (Å²) in [5.41, 5.74) is 1.48. The van der Waals surface area contributed by atoms with E-state index in [1.807, 2.05) is 36.4 Å². The Morgan fingerprint density at radius 3 is 2.57 bits per heavy atom. The van der Waals surface area contributed by atoms with E-state index < -0.39 is 5.91 Å². The van der Waals surface area contributed by atoms with E-state index in [0.717, 1.165) is 5.56 Å². The molecule has 0 bridgehead atoms. The van der Waals surface area contributed by atoms with Gasteiger partial charge in [-0.1, -0.05) is 48.0 Å². The predicted octanol–water partition coefficient (Wildman–Crippen LogP) is 4.72. The second kappa shape index (κ2) is 6.39. The Bertz CT molecular complexity index is 895. The zero-order valence-corrected chi connectivity index (χ0v) is 12.7. The third-order valence-corrected chi connectivity index (χ3v) is 3.46. The molecule has 112 valence electrons. The van der Waals surface area contributed by atoms with Crippen molar-refractivity contribution in [2.24, 2.45) is 0 Å². The normalized spacial score (nSPS) is 10.1. The molecule has 0 saturated carbocycles. The van der Waals surface area contributed by atoms with Crippen LogP contribution in [0.2, 0.25) is 5.02 Å². The average molecular weight is 323 g/mol. The smallest absolute Gasteiger partial charge is 0.258 e. The molecule has 3 rings (SSSR count). The number of halogens is 1. The van der Waals surface area contributed by atoms with Crippen molar-refractivity contribution < 1.29 is 9.21 Å². The molecule has 3 aromatic rings. The van der Waals surface area contributed by atoms with Crippen molar-refractivity contribution in [1.29, 1.82) is 5.26 Å². The van der Waals surface area contributed by atoms with Crippen LogP contribution in [-0.2, 0) is 0 Å². The Hall–Kier alpha value is -3.03. The van der Waals surface area contributed by atoms with Gasteiger partial charge in [-0.3, -0.25) is 10.1 Å². The maximum Gasteiger partial charge on any atom is 0.258 e. The molecule has 0 atom stereocenters. The number of furan rings is 1. The minimum atomic E-state index is -0.391. The molecule has 0 radical (unpaired) electrons. The highest BCUT2D eigenvalue weighted by atomic mass is 35.5. The molecule has 1 amide bonds. The number of anilines is 1. The van der Waals surface area contributed by atoms with Crippen LogP contribution in [0, 0.1) is 11.3 Å². The summed E-state index contributed by atoms with van der Waals surface area (Å²) in [7, 11) is 0. The first-order valence-electron chi connectivity index (χ1n) is 6.83. The fraction of sp³-hybridized carbons (Fsp3) is 0. The van der Waals surface area contributed by atoms with Crippen molar-refractivity contribution in [2.45, 2.75) is 0 Å². The van der Waals surface area contributed by atoms with Crippen LogP contribution in [0.1, 0.15) is 15.9 Å². The zero-order chi connectivity index (χ0) is 16.2. The summed E-state index contributed by atoms with van der Waals surface area (Å²) >= 11 is 5.88. The van der Waals surface area contributed by atoms with Gasteiger partial charge >= 0.3 is 0 Å². The highest BCUT2D eigenvalue weighted by Gasteiger charge is 2.16. The Labute approximate surface area is 137 Å². The van der Waals surface area contributed by atoms with E-state index >= 15 is 0 Å². The Morgan fingerprint density at radius 1 is 1.09 bits per heavy atom. The van der Waals surface area contributed by atoms with Crippen molar-refractivity contribution in [3.63, 3.8) is 0 Å². The largest absolute Gasteiger partial charge is 0.439 e. The monoisotopic (exact) mass is 322 g/mol.